The topological polar surface area (TPSA) is 82.5 Å². The largest absolute Gasteiger partial charge is 0.484 e. The molecule has 0 atom stereocenters. The molecule has 5 heteroatoms. The van der Waals surface area contributed by atoms with Crippen LogP contribution in [0.1, 0.15) is 0 Å². The van der Waals surface area contributed by atoms with Crippen molar-refractivity contribution in [2.45, 2.75) is 0 Å². The lowest BCUT2D eigenvalue weighted by Crippen LogP contribution is -2.19. The number of hydrogen-bond acceptors (Lipinski definition) is 4. The fourth-order valence-corrected chi connectivity index (χ4v) is 2.89. The van der Waals surface area contributed by atoms with Crippen LogP contribution >= 0.6 is 0 Å². The van der Waals surface area contributed by atoms with Crippen LogP contribution in [0, 0.1) is 0 Å². The van der Waals surface area contributed by atoms with Gasteiger partial charge in [0, 0.05) is 11.5 Å². The molecule has 0 aliphatic heterocycles. The molecule has 4 aromatic rings. The molecule has 0 radical (unpaired) electrons. The molecule has 1 aromatic heterocycles. The molecule has 0 fully saturated rings. The lowest BCUT2D eigenvalue weighted by Gasteiger charge is -2.07. The number of benzene rings is 3. The van der Waals surface area contributed by atoms with Crippen molar-refractivity contribution in [3.63, 3.8) is 0 Å². The third-order valence-corrected chi connectivity index (χ3v) is 4.15. The van der Waals surface area contributed by atoms with Crippen LogP contribution in [0.4, 0.5) is 0 Å². The van der Waals surface area contributed by atoms with E-state index in [2.05, 4.69) is 0 Å². The third-order valence-electron chi connectivity index (χ3n) is 4.15. The number of carbonyl (C=O) groups is 1. The second kappa shape index (κ2) is 6.37. The smallest absolute Gasteiger partial charge is 0.344 e. The third kappa shape index (κ3) is 3.02. The highest BCUT2D eigenvalue weighted by atomic mass is 16.5. The fraction of sp³-hybridized carbons (Fsp3) is 0.0476. The average Bonchev–Trinajstić information content (AvgIpc) is 2.65. The van der Waals surface area contributed by atoms with Crippen LogP contribution in [-0.2, 0) is 4.79 Å². The maximum absolute atomic E-state index is 12.5. The maximum Gasteiger partial charge on any atom is 0.344 e. The van der Waals surface area contributed by atoms with E-state index in [-0.39, 0.29) is 6.61 Å². The van der Waals surface area contributed by atoms with Crippen LogP contribution in [0.25, 0.3) is 32.9 Å². The Bertz CT molecular complexity index is 1190. The van der Waals surface area contributed by atoms with Crippen LogP contribution in [0.15, 0.2) is 75.9 Å². The number of rotatable bonds is 4. The summed E-state index contributed by atoms with van der Waals surface area (Å²) < 4.78 is 10.7. The first-order valence-corrected chi connectivity index (χ1v) is 8.08. The number of fused-ring (bicyclic) bond motifs is 2. The predicted octanol–water partition coefficient (Wildman–Crippen LogP) is 3.48. The number of hydrogen-bond donors (Lipinski definition) is 1. The first-order valence-electron chi connectivity index (χ1n) is 8.08. The molecule has 0 aliphatic rings. The molecule has 0 unspecified atom stereocenters. The van der Waals surface area contributed by atoms with Gasteiger partial charge in [0.25, 0.3) is 5.91 Å². The highest BCUT2D eigenvalue weighted by Gasteiger charge is 2.10. The summed E-state index contributed by atoms with van der Waals surface area (Å²) in [5, 5.41) is 2.93. The lowest BCUT2D eigenvalue weighted by molar-refractivity contribution is -0.119. The van der Waals surface area contributed by atoms with Gasteiger partial charge in [-0.05, 0) is 40.6 Å². The summed E-state index contributed by atoms with van der Waals surface area (Å²) in [6.07, 6.45) is 0. The first kappa shape index (κ1) is 15.9. The van der Waals surface area contributed by atoms with E-state index in [0.717, 1.165) is 21.7 Å². The average molecular weight is 345 g/mol. The minimum atomic E-state index is -0.571. The van der Waals surface area contributed by atoms with Gasteiger partial charge in [-0.2, -0.15) is 0 Å². The Hall–Kier alpha value is -3.60. The van der Waals surface area contributed by atoms with Crippen molar-refractivity contribution >= 4 is 27.6 Å². The molecule has 3 aromatic carbocycles. The van der Waals surface area contributed by atoms with E-state index >= 15 is 0 Å². The number of ether oxygens (including phenoxy) is 1. The van der Waals surface area contributed by atoms with E-state index in [0.29, 0.717) is 16.9 Å². The molecular weight excluding hydrogens is 330 g/mol. The summed E-state index contributed by atoms with van der Waals surface area (Å²) >= 11 is 0. The number of amides is 1. The zero-order valence-corrected chi connectivity index (χ0v) is 13.8. The minimum Gasteiger partial charge on any atom is -0.484 e. The summed E-state index contributed by atoms with van der Waals surface area (Å²) in [6, 6.07) is 20.7. The molecule has 0 aliphatic carbocycles. The van der Waals surface area contributed by atoms with Gasteiger partial charge in [-0.15, -0.1) is 0 Å². The second-order valence-electron chi connectivity index (χ2n) is 5.96. The highest BCUT2D eigenvalue weighted by molar-refractivity contribution is 5.89. The lowest BCUT2D eigenvalue weighted by atomic mass is 10.0. The van der Waals surface area contributed by atoms with E-state index in [4.69, 9.17) is 14.9 Å². The first-order chi connectivity index (χ1) is 12.6. The minimum absolute atomic E-state index is 0.231. The van der Waals surface area contributed by atoms with Gasteiger partial charge >= 0.3 is 5.63 Å². The van der Waals surface area contributed by atoms with Crippen molar-refractivity contribution in [2.75, 3.05) is 6.61 Å². The summed E-state index contributed by atoms with van der Waals surface area (Å²) in [4.78, 5) is 23.3. The van der Waals surface area contributed by atoms with Gasteiger partial charge in [0.05, 0.1) is 5.56 Å². The van der Waals surface area contributed by atoms with Gasteiger partial charge in [0.1, 0.15) is 11.3 Å². The molecule has 2 N–H and O–H groups in total. The predicted molar refractivity (Wildman–Crippen MR) is 100 cm³/mol. The van der Waals surface area contributed by atoms with E-state index in [1.165, 1.54) is 0 Å². The molecule has 128 valence electrons. The summed E-state index contributed by atoms with van der Waals surface area (Å²) in [5.41, 5.74) is 6.32. The van der Waals surface area contributed by atoms with Crippen LogP contribution in [0.2, 0.25) is 0 Å². The maximum atomic E-state index is 12.5. The van der Waals surface area contributed by atoms with E-state index in [9.17, 15) is 9.59 Å². The molecule has 5 nitrogen and oxygen atoms in total. The molecule has 0 spiro atoms. The van der Waals surface area contributed by atoms with Crippen molar-refractivity contribution < 1.29 is 13.9 Å². The molecule has 1 amide bonds. The molecule has 4 rings (SSSR count). The second-order valence-corrected chi connectivity index (χ2v) is 5.96. The van der Waals surface area contributed by atoms with Crippen molar-refractivity contribution in [3.8, 4) is 16.9 Å². The Morgan fingerprint density at radius 1 is 0.923 bits per heavy atom. The van der Waals surface area contributed by atoms with Gasteiger partial charge in [-0.1, -0.05) is 36.4 Å². The van der Waals surface area contributed by atoms with Gasteiger partial charge in [0.2, 0.25) is 0 Å². The Kier molecular flexibility index (Phi) is 3.89. The zero-order valence-electron chi connectivity index (χ0n) is 13.8. The van der Waals surface area contributed by atoms with Gasteiger partial charge in [-0.25, -0.2) is 4.79 Å². The van der Waals surface area contributed by atoms with E-state index < -0.39 is 11.5 Å². The number of primary amides is 1. The Balaban J connectivity index is 1.77. The Morgan fingerprint density at radius 3 is 2.50 bits per heavy atom. The number of nitrogens with two attached hydrogens (primary N) is 1. The Morgan fingerprint density at radius 2 is 1.69 bits per heavy atom. The van der Waals surface area contributed by atoms with Crippen molar-refractivity contribution in [1.29, 1.82) is 0 Å². The monoisotopic (exact) mass is 345 g/mol. The summed E-state index contributed by atoms with van der Waals surface area (Å²) in [7, 11) is 0. The van der Waals surface area contributed by atoms with Crippen LogP contribution in [0.3, 0.4) is 0 Å². The zero-order chi connectivity index (χ0) is 18.1. The van der Waals surface area contributed by atoms with Crippen LogP contribution in [-0.4, -0.2) is 12.5 Å². The molecule has 26 heavy (non-hydrogen) atoms. The van der Waals surface area contributed by atoms with Crippen molar-refractivity contribution in [2.24, 2.45) is 5.73 Å². The van der Waals surface area contributed by atoms with E-state index in [1.807, 2.05) is 42.5 Å². The van der Waals surface area contributed by atoms with Crippen molar-refractivity contribution in [3.05, 3.63) is 77.2 Å². The number of carbonyl (C=O) groups excluding carboxylic acids is 1. The molecular formula is C21H15NO4. The highest BCUT2D eigenvalue weighted by Crippen LogP contribution is 2.26. The van der Waals surface area contributed by atoms with E-state index in [1.54, 1.807) is 24.3 Å². The van der Waals surface area contributed by atoms with Crippen LogP contribution in [0.5, 0.6) is 5.75 Å². The van der Waals surface area contributed by atoms with Gasteiger partial charge in [-0.3, -0.25) is 4.79 Å². The Labute approximate surface area is 148 Å². The normalized spacial score (nSPS) is 10.9. The molecule has 0 bridgehead atoms. The van der Waals surface area contributed by atoms with Crippen LogP contribution < -0.4 is 16.1 Å². The standard InChI is InChI=1S/C21H15NO4/c22-20(23)12-25-17-8-7-16-10-18(21(24)26-19(16)11-17)15-6-5-13-3-1-2-4-14(13)9-15/h1-11H,12H2,(H2,22,23). The van der Waals surface area contributed by atoms with Gasteiger partial charge in [0.15, 0.2) is 6.61 Å². The fourth-order valence-electron chi connectivity index (χ4n) is 2.89. The van der Waals surface area contributed by atoms with Crippen molar-refractivity contribution in [1.82, 2.24) is 0 Å². The SMILES string of the molecule is NC(=O)COc1ccc2cc(-c3ccc4ccccc4c3)c(=O)oc2c1. The van der Waals surface area contributed by atoms with Gasteiger partial charge < -0.3 is 14.9 Å². The summed E-state index contributed by atoms with van der Waals surface area (Å²) in [5.74, 6) is -0.156. The quantitative estimate of drug-likeness (QED) is 0.574. The molecule has 0 saturated carbocycles. The molecule has 1 heterocycles. The summed E-state index contributed by atoms with van der Waals surface area (Å²) in [6.45, 7) is -0.231. The molecule has 0 saturated heterocycles.